The van der Waals surface area contributed by atoms with Gasteiger partial charge in [-0.1, -0.05) is 6.07 Å². The first-order valence-corrected chi connectivity index (χ1v) is 8.35. The Hall–Kier alpha value is -1.79. The van der Waals surface area contributed by atoms with Gasteiger partial charge in [-0.3, -0.25) is 9.69 Å². The predicted molar refractivity (Wildman–Crippen MR) is 92.5 cm³/mol. The molecule has 0 radical (unpaired) electrons. The molecule has 1 aromatic rings. The molecule has 1 amide bonds. The van der Waals surface area contributed by atoms with E-state index in [1.807, 2.05) is 39.2 Å². The molecule has 0 bridgehead atoms. The van der Waals surface area contributed by atoms with Crippen LogP contribution >= 0.6 is 0 Å². The van der Waals surface area contributed by atoms with E-state index in [0.29, 0.717) is 26.4 Å². The van der Waals surface area contributed by atoms with Crippen LogP contribution in [-0.2, 0) is 16.1 Å². The van der Waals surface area contributed by atoms with Crippen LogP contribution in [0.2, 0.25) is 0 Å². The SMILES string of the molecule is COCCCN(C)C(C)C(=O)N(C)Cc1ccc2c(c1)OCCO2. The van der Waals surface area contributed by atoms with Crippen molar-refractivity contribution in [2.24, 2.45) is 0 Å². The molecule has 0 fully saturated rings. The highest BCUT2D eigenvalue weighted by atomic mass is 16.6. The normalized spacial score (nSPS) is 14.5. The monoisotopic (exact) mass is 336 g/mol. The van der Waals surface area contributed by atoms with Gasteiger partial charge in [-0.2, -0.15) is 0 Å². The van der Waals surface area contributed by atoms with Crippen molar-refractivity contribution >= 4 is 5.91 Å². The van der Waals surface area contributed by atoms with E-state index < -0.39 is 0 Å². The zero-order valence-electron chi connectivity index (χ0n) is 15.1. The Morgan fingerprint density at radius 2 is 1.96 bits per heavy atom. The van der Waals surface area contributed by atoms with E-state index in [1.54, 1.807) is 12.0 Å². The fraction of sp³-hybridized carbons (Fsp3) is 0.611. The summed E-state index contributed by atoms with van der Waals surface area (Å²) >= 11 is 0. The first-order chi connectivity index (χ1) is 11.5. The van der Waals surface area contributed by atoms with Gasteiger partial charge < -0.3 is 19.1 Å². The number of carbonyl (C=O) groups excluding carboxylic acids is 1. The van der Waals surface area contributed by atoms with Gasteiger partial charge in [0.25, 0.3) is 0 Å². The maximum atomic E-state index is 12.6. The van der Waals surface area contributed by atoms with Crippen molar-refractivity contribution in [3.63, 3.8) is 0 Å². The fourth-order valence-corrected chi connectivity index (χ4v) is 2.70. The molecule has 24 heavy (non-hydrogen) atoms. The van der Waals surface area contributed by atoms with Gasteiger partial charge >= 0.3 is 0 Å². The largest absolute Gasteiger partial charge is 0.486 e. The Morgan fingerprint density at radius 1 is 1.25 bits per heavy atom. The number of carbonyl (C=O) groups is 1. The van der Waals surface area contributed by atoms with Gasteiger partial charge in [0.05, 0.1) is 6.04 Å². The number of benzene rings is 1. The number of ether oxygens (including phenoxy) is 3. The molecule has 1 aromatic carbocycles. The van der Waals surface area contributed by atoms with E-state index >= 15 is 0 Å². The molecule has 6 nitrogen and oxygen atoms in total. The van der Waals surface area contributed by atoms with E-state index in [2.05, 4.69) is 4.90 Å². The van der Waals surface area contributed by atoms with Crippen molar-refractivity contribution in [2.75, 3.05) is 47.6 Å². The number of fused-ring (bicyclic) bond motifs is 1. The zero-order valence-corrected chi connectivity index (χ0v) is 15.1. The molecular weight excluding hydrogens is 308 g/mol. The molecule has 6 heteroatoms. The van der Waals surface area contributed by atoms with Crippen LogP contribution in [0, 0.1) is 0 Å². The minimum atomic E-state index is -0.163. The lowest BCUT2D eigenvalue weighted by Crippen LogP contribution is -2.44. The van der Waals surface area contributed by atoms with Crippen LogP contribution < -0.4 is 9.47 Å². The van der Waals surface area contributed by atoms with Crippen molar-refractivity contribution in [3.05, 3.63) is 23.8 Å². The van der Waals surface area contributed by atoms with Crippen LogP contribution in [0.5, 0.6) is 11.5 Å². The first kappa shape index (κ1) is 18.5. The third kappa shape index (κ3) is 4.85. The molecule has 1 heterocycles. The van der Waals surface area contributed by atoms with Crippen LogP contribution in [0.4, 0.5) is 0 Å². The summed E-state index contributed by atoms with van der Waals surface area (Å²) in [5.74, 6) is 1.62. The number of hydrogen-bond acceptors (Lipinski definition) is 5. The Balaban J connectivity index is 1.91. The summed E-state index contributed by atoms with van der Waals surface area (Å²) < 4.78 is 16.2. The van der Waals surface area contributed by atoms with Gasteiger partial charge in [0, 0.05) is 33.9 Å². The summed E-state index contributed by atoms with van der Waals surface area (Å²) in [6, 6.07) is 5.67. The number of rotatable bonds is 8. The molecule has 1 unspecified atom stereocenters. The lowest BCUT2D eigenvalue weighted by Gasteiger charge is -2.28. The molecule has 0 spiro atoms. The summed E-state index contributed by atoms with van der Waals surface area (Å²) in [4.78, 5) is 16.4. The molecule has 0 aliphatic carbocycles. The van der Waals surface area contributed by atoms with Gasteiger partial charge in [0.1, 0.15) is 13.2 Å². The standard InChI is InChI=1S/C18H28N2O4/c1-14(19(2)8-5-9-22-4)18(21)20(3)13-15-6-7-16-17(12-15)24-11-10-23-16/h6-7,12,14H,5,8-11,13H2,1-4H3. The first-order valence-electron chi connectivity index (χ1n) is 8.35. The highest BCUT2D eigenvalue weighted by Crippen LogP contribution is 2.31. The second kappa shape index (κ2) is 8.89. The molecule has 1 atom stereocenters. The summed E-state index contributed by atoms with van der Waals surface area (Å²) in [6.07, 6.45) is 0.913. The summed E-state index contributed by atoms with van der Waals surface area (Å²) in [6.45, 7) is 5.17. The third-order valence-corrected chi connectivity index (χ3v) is 4.28. The lowest BCUT2D eigenvalue weighted by molar-refractivity contribution is -0.135. The van der Waals surface area contributed by atoms with Crippen molar-refractivity contribution in [2.45, 2.75) is 25.9 Å². The minimum absolute atomic E-state index is 0.102. The van der Waals surface area contributed by atoms with Crippen LogP contribution in [0.15, 0.2) is 18.2 Å². The second-order valence-corrected chi connectivity index (χ2v) is 6.18. The highest BCUT2D eigenvalue weighted by molar-refractivity contribution is 5.81. The third-order valence-electron chi connectivity index (χ3n) is 4.28. The van der Waals surface area contributed by atoms with E-state index in [4.69, 9.17) is 14.2 Å². The van der Waals surface area contributed by atoms with Crippen LogP contribution in [-0.4, -0.2) is 69.3 Å². The summed E-state index contributed by atoms with van der Waals surface area (Å²) in [5, 5.41) is 0. The van der Waals surface area contributed by atoms with E-state index in [-0.39, 0.29) is 11.9 Å². The molecule has 1 aliphatic heterocycles. The van der Waals surface area contributed by atoms with Crippen molar-refractivity contribution < 1.29 is 19.0 Å². The van der Waals surface area contributed by atoms with Crippen molar-refractivity contribution in [1.82, 2.24) is 9.80 Å². The smallest absolute Gasteiger partial charge is 0.239 e. The molecule has 0 saturated carbocycles. The quantitative estimate of drug-likeness (QED) is 0.677. The number of hydrogen-bond donors (Lipinski definition) is 0. The topological polar surface area (TPSA) is 51.2 Å². The molecule has 1 aliphatic rings. The Labute approximate surface area is 144 Å². The van der Waals surface area contributed by atoms with Crippen molar-refractivity contribution in [3.8, 4) is 11.5 Å². The minimum Gasteiger partial charge on any atom is -0.486 e. The van der Waals surface area contributed by atoms with Crippen molar-refractivity contribution in [1.29, 1.82) is 0 Å². The molecule has 0 aromatic heterocycles. The average Bonchev–Trinajstić information content (AvgIpc) is 2.60. The Bertz CT molecular complexity index is 550. The molecule has 0 N–H and O–H groups in total. The van der Waals surface area contributed by atoms with Gasteiger partial charge in [0.2, 0.25) is 5.91 Å². The number of methoxy groups -OCH3 is 1. The van der Waals surface area contributed by atoms with E-state index in [0.717, 1.165) is 30.0 Å². The zero-order chi connectivity index (χ0) is 17.5. The fourth-order valence-electron chi connectivity index (χ4n) is 2.70. The second-order valence-electron chi connectivity index (χ2n) is 6.18. The van der Waals surface area contributed by atoms with E-state index in [1.165, 1.54) is 0 Å². The summed E-state index contributed by atoms with van der Waals surface area (Å²) in [7, 11) is 5.49. The predicted octanol–water partition coefficient (Wildman–Crippen LogP) is 1.77. The Kier molecular flexibility index (Phi) is 6.87. The number of likely N-dealkylation sites (N-methyl/N-ethyl adjacent to an activating group) is 2. The summed E-state index contributed by atoms with van der Waals surface area (Å²) in [5.41, 5.74) is 1.03. The van der Waals surface area contributed by atoms with Gasteiger partial charge in [-0.25, -0.2) is 0 Å². The van der Waals surface area contributed by atoms with Crippen LogP contribution in [0.3, 0.4) is 0 Å². The van der Waals surface area contributed by atoms with E-state index in [9.17, 15) is 4.79 Å². The molecule has 134 valence electrons. The van der Waals surface area contributed by atoms with Gasteiger partial charge in [0.15, 0.2) is 11.5 Å². The average molecular weight is 336 g/mol. The number of amides is 1. The van der Waals surface area contributed by atoms with Gasteiger partial charge in [-0.05, 0) is 38.1 Å². The molecule has 2 rings (SSSR count). The van der Waals surface area contributed by atoms with Crippen LogP contribution in [0.25, 0.3) is 0 Å². The number of nitrogens with zero attached hydrogens (tertiary/aromatic N) is 2. The molecule has 0 saturated heterocycles. The maximum Gasteiger partial charge on any atom is 0.239 e. The lowest BCUT2D eigenvalue weighted by atomic mass is 10.1. The highest BCUT2D eigenvalue weighted by Gasteiger charge is 2.22. The van der Waals surface area contributed by atoms with Crippen LogP contribution in [0.1, 0.15) is 18.9 Å². The Morgan fingerprint density at radius 3 is 2.67 bits per heavy atom. The maximum absolute atomic E-state index is 12.6. The van der Waals surface area contributed by atoms with Gasteiger partial charge in [-0.15, -0.1) is 0 Å². The molecular formula is C18H28N2O4.